The van der Waals surface area contributed by atoms with Crippen LogP contribution in [0, 0.1) is 6.92 Å². The van der Waals surface area contributed by atoms with Gasteiger partial charge in [0, 0.05) is 0 Å². The number of halogens is 1. The lowest BCUT2D eigenvalue weighted by Crippen LogP contribution is -1.88. The molecule has 60 valence electrons. The minimum Gasteiger partial charge on any atom is -0.496 e. The van der Waals surface area contributed by atoms with E-state index in [1.165, 1.54) is 0 Å². The van der Waals surface area contributed by atoms with Crippen molar-refractivity contribution < 1.29 is 9.13 Å². The van der Waals surface area contributed by atoms with E-state index in [1.54, 1.807) is 19.2 Å². The van der Waals surface area contributed by atoms with E-state index in [2.05, 4.69) is 0 Å². The highest BCUT2D eigenvalue weighted by Crippen LogP contribution is 2.19. The molecule has 0 N–H and O–H groups in total. The minimum absolute atomic E-state index is 0.434. The summed E-state index contributed by atoms with van der Waals surface area (Å²) in [6, 6.07) is 5.33. The summed E-state index contributed by atoms with van der Waals surface area (Å²) in [5, 5.41) is 0. The van der Waals surface area contributed by atoms with Gasteiger partial charge in [-0.2, -0.15) is 0 Å². The molecule has 1 aromatic rings. The van der Waals surface area contributed by atoms with Gasteiger partial charge in [-0.25, -0.2) is 4.39 Å². The van der Waals surface area contributed by atoms with Gasteiger partial charge in [-0.3, -0.25) is 0 Å². The van der Waals surface area contributed by atoms with Crippen molar-refractivity contribution in [2.24, 2.45) is 0 Å². The number of rotatable bonds is 2. The van der Waals surface area contributed by atoms with Crippen LogP contribution < -0.4 is 4.74 Å². The van der Waals surface area contributed by atoms with Crippen molar-refractivity contribution in [3.63, 3.8) is 0 Å². The number of hydrogen-bond donors (Lipinski definition) is 0. The fraction of sp³-hybridized carbons (Fsp3) is 0.333. The van der Waals surface area contributed by atoms with E-state index >= 15 is 0 Å². The summed E-state index contributed by atoms with van der Waals surface area (Å²) in [6.07, 6.45) is 0. The van der Waals surface area contributed by atoms with Gasteiger partial charge < -0.3 is 4.74 Å². The van der Waals surface area contributed by atoms with Crippen LogP contribution in [-0.2, 0) is 6.67 Å². The molecule has 0 atom stereocenters. The third-order valence-electron chi connectivity index (χ3n) is 1.63. The Bertz CT molecular complexity index is 245. The molecule has 0 spiro atoms. The molecular formula is C9H11FO. The Balaban J connectivity index is 3.02. The van der Waals surface area contributed by atoms with Crippen molar-refractivity contribution in [1.82, 2.24) is 0 Å². The Hall–Kier alpha value is -1.05. The predicted octanol–water partition coefficient (Wildman–Crippen LogP) is 2.47. The van der Waals surface area contributed by atoms with Crippen molar-refractivity contribution in [2.75, 3.05) is 7.11 Å². The Morgan fingerprint density at radius 2 is 2.18 bits per heavy atom. The van der Waals surface area contributed by atoms with Gasteiger partial charge >= 0.3 is 0 Å². The Morgan fingerprint density at radius 3 is 2.73 bits per heavy atom. The predicted molar refractivity (Wildman–Crippen MR) is 42.5 cm³/mol. The van der Waals surface area contributed by atoms with Crippen LogP contribution in [0.1, 0.15) is 11.1 Å². The summed E-state index contributed by atoms with van der Waals surface area (Å²) < 4.78 is 17.1. The van der Waals surface area contributed by atoms with E-state index in [-0.39, 0.29) is 0 Å². The van der Waals surface area contributed by atoms with E-state index in [4.69, 9.17) is 4.74 Å². The molecule has 0 aromatic heterocycles. The molecule has 0 saturated carbocycles. The van der Waals surface area contributed by atoms with Crippen LogP contribution in [0.15, 0.2) is 18.2 Å². The molecule has 0 bridgehead atoms. The molecule has 0 aliphatic rings. The highest BCUT2D eigenvalue weighted by molar-refractivity contribution is 5.36. The van der Waals surface area contributed by atoms with Gasteiger partial charge in [0.25, 0.3) is 0 Å². The molecule has 0 aliphatic heterocycles. The number of alkyl halides is 1. The first kappa shape index (κ1) is 8.05. The third-order valence-corrected chi connectivity index (χ3v) is 1.63. The van der Waals surface area contributed by atoms with Gasteiger partial charge in [-0.1, -0.05) is 12.1 Å². The van der Waals surface area contributed by atoms with E-state index in [9.17, 15) is 4.39 Å². The standard InChI is InChI=1S/C9H11FO/c1-7-3-4-8(6-10)5-9(7)11-2/h3-5H,6H2,1-2H3. The van der Waals surface area contributed by atoms with Gasteiger partial charge in [0.15, 0.2) is 0 Å². The normalized spacial score (nSPS) is 9.73. The molecular weight excluding hydrogens is 143 g/mol. The topological polar surface area (TPSA) is 9.23 Å². The second-order valence-electron chi connectivity index (χ2n) is 2.44. The molecule has 0 fully saturated rings. The fourth-order valence-corrected chi connectivity index (χ4v) is 0.948. The number of hydrogen-bond acceptors (Lipinski definition) is 1. The molecule has 0 amide bonds. The maximum absolute atomic E-state index is 12.1. The average molecular weight is 154 g/mol. The van der Waals surface area contributed by atoms with E-state index in [0.717, 1.165) is 11.3 Å². The summed E-state index contributed by atoms with van der Waals surface area (Å²) in [7, 11) is 1.59. The highest BCUT2D eigenvalue weighted by Gasteiger charge is 1.98. The van der Waals surface area contributed by atoms with Crippen LogP contribution in [0.5, 0.6) is 5.75 Å². The van der Waals surface area contributed by atoms with Crippen LogP contribution >= 0.6 is 0 Å². The fourth-order valence-electron chi connectivity index (χ4n) is 0.948. The van der Waals surface area contributed by atoms with Gasteiger partial charge in [-0.05, 0) is 24.1 Å². The van der Waals surface area contributed by atoms with Crippen molar-refractivity contribution in [3.05, 3.63) is 29.3 Å². The average Bonchev–Trinajstić information content (AvgIpc) is 2.05. The third kappa shape index (κ3) is 1.70. The lowest BCUT2D eigenvalue weighted by atomic mass is 10.1. The second kappa shape index (κ2) is 3.37. The van der Waals surface area contributed by atoms with Gasteiger partial charge in [0.1, 0.15) is 12.4 Å². The van der Waals surface area contributed by atoms with Crippen LogP contribution in [0.4, 0.5) is 4.39 Å². The molecule has 1 nitrogen and oxygen atoms in total. The van der Waals surface area contributed by atoms with Crippen molar-refractivity contribution in [1.29, 1.82) is 0 Å². The van der Waals surface area contributed by atoms with Crippen molar-refractivity contribution in [2.45, 2.75) is 13.6 Å². The first-order valence-electron chi connectivity index (χ1n) is 3.47. The summed E-state index contributed by atoms with van der Waals surface area (Å²) >= 11 is 0. The monoisotopic (exact) mass is 154 g/mol. The molecule has 0 saturated heterocycles. The second-order valence-corrected chi connectivity index (χ2v) is 2.44. The molecule has 0 aliphatic carbocycles. The first-order chi connectivity index (χ1) is 5.27. The maximum Gasteiger partial charge on any atom is 0.122 e. The van der Waals surface area contributed by atoms with Gasteiger partial charge in [0.05, 0.1) is 7.11 Å². The minimum atomic E-state index is -0.434. The van der Waals surface area contributed by atoms with Crippen molar-refractivity contribution >= 4 is 0 Å². The van der Waals surface area contributed by atoms with E-state index in [0.29, 0.717) is 5.56 Å². The molecule has 1 rings (SSSR count). The molecule has 0 radical (unpaired) electrons. The molecule has 0 unspecified atom stereocenters. The maximum atomic E-state index is 12.1. The number of aryl methyl sites for hydroxylation is 1. The summed E-state index contributed by atoms with van der Waals surface area (Å²) in [5.41, 5.74) is 1.69. The molecule has 1 aromatic carbocycles. The number of ether oxygens (including phenoxy) is 1. The van der Waals surface area contributed by atoms with Gasteiger partial charge in [0.2, 0.25) is 0 Å². The van der Waals surface area contributed by atoms with Gasteiger partial charge in [-0.15, -0.1) is 0 Å². The molecule has 11 heavy (non-hydrogen) atoms. The summed E-state index contributed by atoms with van der Waals surface area (Å²) in [6.45, 7) is 1.50. The Labute approximate surface area is 65.8 Å². The Kier molecular flexibility index (Phi) is 2.47. The lowest BCUT2D eigenvalue weighted by Gasteiger charge is -2.04. The van der Waals surface area contributed by atoms with Crippen molar-refractivity contribution in [3.8, 4) is 5.75 Å². The Morgan fingerprint density at radius 1 is 1.45 bits per heavy atom. The SMILES string of the molecule is COc1cc(CF)ccc1C. The summed E-state index contributed by atoms with van der Waals surface area (Å²) in [5.74, 6) is 0.750. The highest BCUT2D eigenvalue weighted by atomic mass is 19.1. The molecule has 2 heteroatoms. The summed E-state index contributed by atoms with van der Waals surface area (Å²) in [4.78, 5) is 0. The number of methoxy groups -OCH3 is 1. The zero-order valence-corrected chi connectivity index (χ0v) is 6.73. The smallest absolute Gasteiger partial charge is 0.122 e. The zero-order valence-electron chi connectivity index (χ0n) is 6.73. The quantitative estimate of drug-likeness (QED) is 0.635. The van der Waals surface area contributed by atoms with Crippen LogP contribution in [-0.4, -0.2) is 7.11 Å². The first-order valence-corrected chi connectivity index (χ1v) is 3.47. The molecule has 0 heterocycles. The van der Waals surface area contributed by atoms with Crippen LogP contribution in [0.25, 0.3) is 0 Å². The lowest BCUT2D eigenvalue weighted by molar-refractivity contribution is 0.409. The van der Waals surface area contributed by atoms with E-state index < -0.39 is 6.67 Å². The zero-order chi connectivity index (χ0) is 8.27. The van der Waals surface area contributed by atoms with Crippen LogP contribution in [0.2, 0.25) is 0 Å². The van der Waals surface area contributed by atoms with Crippen LogP contribution in [0.3, 0.4) is 0 Å². The number of benzene rings is 1. The van der Waals surface area contributed by atoms with E-state index in [1.807, 2.05) is 13.0 Å². The largest absolute Gasteiger partial charge is 0.496 e.